The summed E-state index contributed by atoms with van der Waals surface area (Å²) in [6, 6.07) is 5.74. The van der Waals surface area contributed by atoms with Crippen molar-refractivity contribution < 1.29 is 9.26 Å². The molecule has 0 radical (unpaired) electrons. The first-order valence-corrected chi connectivity index (χ1v) is 6.30. The molecule has 0 spiro atoms. The van der Waals surface area contributed by atoms with Gasteiger partial charge in [0.2, 0.25) is 0 Å². The van der Waals surface area contributed by atoms with Gasteiger partial charge in [0.25, 0.3) is 5.89 Å². The molecule has 2 aromatic rings. The number of halogens is 1. The fourth-order valence-corrected chi connectivity index (χ4v) is 2.25. The molecule has 0 N–H and O–H groups in total. The number of ether oxygens (including phenoxy) is 1. The van der Waals surface area contributed by atoms with Gasteiger partial charge in [0.15, 0.2) is 5.82 Å². The van der Waals surface area contributed by atoms with Gasteiger partial charge < -0.3 is 9.26 Å². The molecule has 18 heavy (non-hydrogen) atoms. The first-order valence-electron chi connectivity index (χ1n) is 5.92. The van der Waals surface area contributed by atoms with Gasteiger partial charge in [-0.1, -0.05) is 28.4 Å². The minimum Gasteiger partial charge on any atom is -0.381 e. The highest BCUT2D eigenvalue weighted by Crippen LogP contribution is 2.30. The Hall–Kier alpha value is -1.39. The van der Waals surface area contributed by atoms with E-state index < -0.39 is 0 Å². The van der Waals surface area contributed by atoms with Crippen LogP contribution in [0, 0.1) is 6.92 Å². The molecule has 2 heterocycles. The summed E-state index contributed by atoms with van der Waals surface area (Å²) in [4.78, 5) is 4.42. The van der Waals surface area contributed by atoms with Crippen LogP contribution in [-0.2, 0) is 4.74 Å². The van der Waals surface area contributed by atoms with Gasteiger partial charge in [-0.05, 0) is 25.5 Å². The maximum Gasteiger partial charge on any atom is 0.259 e. The molecule has 1 aromatic heterocycles. The highest BCUT2D eigenvalue weighted by molar-refractivity contribution is 6.33. The van der Waals surface area contributed by atoms with Gasteiger partial charge >= 0.3 is 0 Å². The monoisotopic (exact) mass is 264 g/mol. The van der Waals surface area contributed by atoms with Gasteiger partial charge in [0.1, 0.15) is 0 Å². The van der Waals surface area contributed by atoms with Crippen molar-refractivity contribution in [3.8, 4) is 11.5 Å². The lowest BCUT2D eigenvalue weighted by Gasteiger charge is -2.00. The van der Waals surface area contributed by atoms with Crippen LogP contribution >= 0.6 is 11.6 Å². The standard InChI is InChI=1S/C13H13ClN2O2/c1-8-2-3-11(14)10(6-8)13-15-12(16-18-13)9-4-5-17-7-9/h2-3,6,9H,4-5,7H2,1H3. The smallest absolute Gasteiger partial charge is 0.259 e. The molecule has 1 aliphatic rings. The Morgan fingerprint density at radius 1 is 1.39 bits per heavy atom. The number of hydrogen-bond acceptors (Lipinski definition) is 4. The normalized spacial score (nSPS) is 19.3. The summed E-state index contributed by atoms with van der Waals surface area (Å²) < 4.78 is 10.6. The predicted octanol–water partition coefficient (Wildman–Crippen LogP) is 3.20. The van der Waals surface area contributed by atoms with E-state index in [2.05, 4.69) is 10.1 Å². The van der Waals surface area contributed by atoms with Gasteiger partial charge in [0, 0.05) is 12.5 Å². The van der Waals surface area contributed by atoms with Crippen LogP contribution in [-0.4, -0.2) is 23.4 Å². The minimum absolute atomic E-state index is 0.242. The molecule has 0 amide bonds. The van der Waals surface area contributed by atoms with E-state index in [4.69, 9.17) is 20.9 Å². The zero-order valence-corrected chi connectivity index (χ0v) is 10.8. The van der Waals surface area contributed by atoms with E-state index in [9.17, 15) is 0 Å². The summed E-state index contributed by atoms with van der Waals surface area (Å²) in [6.45, 7) is 3.43. The Morgan fingerprint density at radius 2 is 2.28 bits per heavy atom. The largest absolute Gasteiger partial charge is 0.381 e. The van der Waals surface area contributed by atoms with Crippen LogP contribution in [0.2, 0.25) is 5.02 Å². The molecule has 1 aliphatic heterocycles. The van der Waals surface area contributed by atoms with Crippen molar-refractivity contribution in [2.75, 3.05) is 13.2 Å². The van der Waals surface area contributed by atoms with Crippen LogP contribution in [0.1, 0.15) is 23.7 Å². The fraction of sp³-hybridized carbons (Fsp3) is 0.385. The highest BCUT2D eigenvalue weighted by Gasteiger charge is 2.23. The molecular formula is C13H13ClN2O2. The van der Waals surface area contributed by atoms with E-state index in [0.717, 1.165) is 24.2 Å². The van der Waals surface area contributed by atoms with E-state index in [-0.39, 0.29) is 5.92 Å². The fourth-order valence-electron chi connectivity index (χ4n) is 2.05. The molecule has 4 nitrogen and oxygen atoms in total. The van der Waals surface area contributed by atoms with Gasteiger partial charge in [0.05, 0.1) is 17.2 Å². The van der Waals surface area contributed by atoms with Crippen molar-refractivity contribution >= 4 is 11.6 Å². The van der Waals surface area contributed by atoms with Crippen LogP contribution in [0.4, 0.5) is 0 Å². The molecule has 94 valence electrons. The van der Waals surface area contributed by atoms with Gasteiger partial charge in [-0.15, -0.1) is 0 Å². The lowest BCUT2D eigenvalue weighted by Crippen LogP contribution is -1.99. The quantitative estimate of drug-likeness (QED) is 0.836. The predicted molar refractivity (Wildman–Crippen MR) is 67.7 cm³/mol. The van der Waals surface area contributed by atoms with E-state index in [1.54, 1.807) is 0 Å². The van der Waals surface area contributed by atoms with Gasteiger partial charge in [-0.2, -0.15) is 4.98 Å². The summed E-state index contributed by atoms with van der Waals surface area (Å²) in [6.07, 6.45) is 0.945. The first-order chi connectivity index (χ1) is 8.74. The second kappa shape index (κ2) is 4.71. The van der Waals surface area contributed by atoms with Crippen LogP contribution in [0.3, 0.4) is 0 Å². The van der Waals surface area contributed by atoms with Crippen LogP contribution < -0.4 is 0 Å². The lowest BCUT2D eigenvalue weighted by molar-refractivity contribution is 0.192. The molecule has 1 unspecified atom stereocenters. The third kappa shape index (κ3) is 2.13. The van der Waals surface area contributed by atoms with Crippen molar-refractivity contribution in [3.05, 3.63) is 34.6 Å². The minimum atomic E-state index is 0.242. The van der Waals surface area contributed by atoms with E-state index in [0.29, 0.717) is 23.3 Å². The first kappa shape index (κ1) is 11.7. The van der Waals surface area contributed by atoms with Gasteiger partial charge in [-0.25, -0.2) is 0 Å². The third-order valence-corrected chi connectivity index (χ3v) is 3.42. The molecule has 1 saturated heterocycles. The second-order valence-corrected chi connectivity index (χ2v) is 4.91. The number of nitrogens with zero attached hydrogens (tertiary/aromatic N) is 2. The average molecular weight is 265 g/mol. The van der Waals surface area contributed by atoms with Crippen molar-refractivity contribution in [2.45, 2.75) is 19.3 Å². The van der Waals surface area contributed by atoms with E-state index in [1.165, 1.54) is 0 Å². The molecule has 0 saturated carbocycles. The Morgan fingerprint density at radius 3 is 3.06 bits per heavy atom. The Bertz CT molecular complexity index is 562. The third-order valence-electron chi connectivity index (χ3n) is 3.09. The Kier molecular flexibility index (Phi) is 3.06. The van der Waals surface area contributed by atoms with Crippen LogP contribution in [0.5, 0.6) is 0 Å². The van der Waals surface area contributed by atoms with Crippen molar-refractivity contribution in [3.63, 3.8) is 0 Å². The summed E-state index contributed by atoms with van der Waals surface area (Å²) in [5.41, 5.74) is 1.90. The topological polar surface area (TPSA) is 48.2 Å². The Balaban J connectivity index is 1.94. The Labute approximate surface area is 110 Å². The SMILES string of the molecule is Cc1ccc(Cl)c(-c2nc(C3CCOC3)no2)c1. The second-order valence-electron chi connectivity index (χ2n) is 4.50. The van der Waals surface area contributed by atoms with Gasteiger partial charge in [-0.3, -0.25) is 0 Å². The van der Waals surface area contributed by atoms with E-state index >= 15 is 0 Å². The zero-order chi connectivity index (χ0) is 12.5. The van der Waals surface area contributed by atoms with Crippen LogP contribution in [0.25, 0.3) is 11.5 Å². The van der Waals surface area contributed by atoms with Crippen LogP contribution in [0.15, 0.2) is 22.7 Å². The molecule has 0 aliphatic carbocycles. The van der Waals surface area contributed by atoms with Crippen molar-refractivity contribution in [2.24, 2.45) is 0 Å². The number of aryl methyl sites for hydroxylation is 1. The summed E-state index contributed by atoms with van der Waals surface area (Å²) >= 11 is 6.15. The molecular weight excluding hydrogens is 252 g/mol. The maximum absolute atomic E-state index is 6.15. The van der Waals surface area contributed by atoms with Crippen molar-refractivity contribution in [1.29, 1.82) is 0 Å². The lowest BCUT2D eigenvalue weighted by atomic mass is 10.1. The van der Waals surface area contributed by atoms with E-state index in [1.807, 2.05) is 25.1 Å². The number of hydrogen-bond donors (Lipinski definition) is 0. The average Bonchev–Trinajstić information content (AvgIpc) is 3.00. The highest BCUT2D eigenvalue weighted by atomic mass is 35.5. The molecule has 5 heteroatoms. The molecule has 1 fully saturated rings. The summed E-state index contributed by atoms with van der Waals surface area (Å²) in [5, 5.41) is 4.64. The molecule has 3 rings (SSSR count). The molecule has 0 bridgehead atoms. The number of aromatic nitrogens is 2. The number of rotatable bonds is 2. The summed E-state index contributed by atoms with van der Waals surface area (Å²) in [5.74, 6) is 1.43. The zero-order valence-electron chi connectivity index (χ0n) is 10.0. The maximum atomic E-state index is 6.15. The number of benzene rings is 1. The molecule has 1 aromatic carbocycles. The molecule has 1 atom stereocenters. The summed E-state index contributed by atoms with van der Waals surface area (Å²) in [7, 11) is 0. The van der Waals surface area contributed by atoms with Crippen molar-refractivity contribution in [1.82, 2.24) is 10.1 Å².